The largest absolute Gasteiger partial charge is 0.480 e. The quantitative estimate of drug-likeness (QED) is 0.290. The maximum Gasteiger partial charge on any atom is 0.423 e. The van der Waals surface area contributed by atoms with Crippen LogP contribution in [0, 0.1) is 4.78 Å². The van der Waals surface area contributed by atoms with Crippen molar-refractivity contribution >= 4 is 45.0 Å². The molecule has 1 amide bonds. The highest BCUT2D eigenvalue weighted by molar-refractivity contribution is 7.92. The van der Waals surface area contributed by atoms with Crippen LogP contribution in [-0.2, 0) is 24.9 Å². The summed E-state index contributed by atoms with van der Waals surface area (Å²) in [7, 11) is -3.84. The number of benzene rings is 1. The normalized spacial score (nSPS) is 16.0. The molecule has 0 radical (unpaired) electrons. The van der Waals surface area contributed by atoms with Gasteiger partial charge in [0.05, 0.1) is 28.8 Å². The van der Waals surface area contributed by atoms with Crippen molar-refractivity contribution in [2.45, 2.75) is 57.0 Å². The minimum absolute atomic E-state index is 0.103. The van der Waals surface area contributed by atoms with E-state index in [0.29, 0.717) is 16.8 Å². The molecule has 216 valence electrons. The number of alkyl carbamates (subject to hydrolysis) is 1. The number of amides is 1. The van der Waals surface area contributed by atoms with E-state index in [0.717, 1.165) is 6.20 Å². The number of hydrogen-bond donors (Lipinski definition) is 4. The van der Waals surface area contributed by atoms with Gasteiger partial charge in [-0.3, -0.25) is 14.7 Å². The summed E-state index contributed by atoms with van der Waals surface area (Å²) in [4.78, 5) is 31.0. The summed E-state index contributed by atoms with van der Waals surface area (Å²) in [5.74, 6) is -3.14. The van der Waals surface area contributed by atoms with Gasteiger partial charge in [-0.05, 0) is 45.4 Å². The molecule has 0 aliphatic heterocycles. The van der Waals surface area contributed by atoms with Crippen LogP contribution < -0.4 is 5.32 Å². The number of aliphatic hydroxyl groups is 1. The van der Waals surface area contributed by atoms with Gasteiger partial charge >= 0.3 is 18.2 Å². The average molecular weight is 615 g/mol. The molecule has 2 rings (SSSR count). The van der Waals surface area contributed by atoms with Crippen molar-refractivity contribution in [3.63, 3.8) is 0 Å². The third-order valence-corrected chi connectivity index (χ3v) is 7.58. The lowest BCUT2D eigenvalue weighted by Crippen LogP contribution is -2.45. The molecular weight excluding hydrogens is 588 g/mol. The second-order valence-corrected chi connectivity index (χ2v) is 12.8. The monoisotopic (exact) mass is 614 g/mol. The van der Waals surface area contributed by atoms with Crippen LogP contribution in [0.15, 0.2) is 30.6 Å². The van der Waals surface area contributed by atoms with E-state index in [1.54, 1.807) is 20.8 Å². The minimum Gasteiger partial charge on any atom is -0.480 e. The Morgan fingerprint density at radius 1 is 1.15 bits per heavy atom. The molecule has 0 saturated carbocycles. The Morgan fingerprint density at radius 3 is 2.28 bits per heavy atom. The van der Waals surface area contributed by atoms with Crippen LogP contribution in [0.3, 0.4) is 0 Å². The third-order valence-electron chi connectivity index (χ3n) is 5.27. The van der Waals surface area contributed by atoms with Crippen LogP contribution in [0.5, 0.6) is 0 Å². The molecule has 0 fully saturated rings. The van der Waals surface area contributed by atoms with Crippen molar-refractivity contribution in [3.05, 3.63) is 46.3 Å². The van der Waals surface area contributed by atoms with E-state index in [9.17, 15) is 37.2 Å². The van der Waals surface area contributed by atoms with E-state index in [-0.39, 0.29) is 10.7 Å². The maximum absolute atomic E-state index is 13.9. The number of halogens is 5. The molecule has 0 saturated heterocycles. The number of nitrogens with zero attached hydrogens (tertiary/aromatic N) is 2. The lowest BCUT2D eigenvalue weighted by Gasteiger charge is -2.30. The lowest BCUT2D eigenvalue weighted by atomic mass is 9.96. The summed E-state index contributed by atoms with van der Waals surface area (Å²) in [6.07, 6.45) is -6.43. The molecule has 3 atom stereocenters. The Hall–Kier alpha value is -2.68. The van der Waals surface area contributed by atoms with Gasteiger partial charge in [0.1, 0.15) is 11.6 Å². The zero-order valence-electron chi connectivity index (χ0n) is 21.0. The van der Waals surface area contributed by atoms with Gasteiger partial charge in [0.2, 0.25) is 5.60 Å². The van der Waals surface area contributed by atoms with Gasteiger partial charge in [-0.1, -0.05) is 23.2 Å². The molecule has 2 aromatic rings. The summed E-state index contributed by atoms with van der Waals surface area (Å²) < 4.78 is 67.5. The zero-order valence-corrected chi connectivity index (χ0v) is 23.3. The Bertz CT molecular complexity index is 1300. The molecule has 39 heavy (non-hydrogen) atoms. The highest BCUT2D eigenvalue weighted by atomic mass is 35.5. The van der Waals surface area contributed by atoms with E-state index in [2.05, 4.69) is 15.3 Å². The first kappa shape index (κ1) is 32.5. The van der Waals surface area contributed by atoms with Crippen molar-refractivity contribution in [2.75, 3.05) is 11.5 Å². The van der Waals surface area contributed by atoms with Crippen LogP contribution in [0.1, 0.15) is 39.3 Å². The number of carboxylic acid groups (broad SMARTS) is 1. The molecule has 2 unspecified atom stereocenters. The van der Waals surface area contributed by atoms with Gasteiger partial charge in [0.15, 0.2) is 0 Å². The van der Waals surface area contributed by atoms with Crippen molar-refractivity contribution in [1.82, 2.24) is 15.3 Å². The van der Waals surface area contributed by atoms with Crippen molar-refractivity contribution in [2.24, 2.45) is 0 Å². The predicted octanol–water partition coefficient (Wildman–Crippen LogP) is 5.01. The molecule has 16 heteroatoms. The predicted molar refractivity (Wildman–Crippen MR) is 138 cm³/mol. The van der Waals surface area contributed by atoms with Gasteiger partial charge in [0, 0.05) is 38.2 Å². The number of carbonyl (C=O) groups is 2. The Kier molecular flexibility index (Phi) is 10.2. The maximum atomic E-state index is 13.9. The number of ether oxygens (including phenoxy) is 1. The van der Waals surface area contributed by atoms with E-state index >= 15 is 0 Å². The Morgan fingerprint density at radius 2 is 1.79 bits per heavy atom. The molecular formula is C23H27Cl2F3N4O6S. The number of aromatic nitrogens is 2. The van der Waals surface area contributed by atoms with E-state index in [4.69, 9.17) is 32.7 Å². The first-order chi connectivity index (χ1) is 17.7. The van der Waals surface area contributed by atoms with E-state index < -0.39 is 75.3 Å². The number of rotatable bonds is 10. The van der Waals surface area contributed by atoms with Gasteiger partial charge in [-0.15, -0.1) is 0 Å². The lowest BCUT2D eigenvalue weighted by molar-refractivity contribution is -0.269. The van der Waals surface area contributed by atoms with Crippen LogP contribution in [0.4, 0.5) is 18.0 Å². The van der Waals surface area contributed by atoms with Gasteiger partial charge < -0.3 is 20.3 Å². The van der Waals surface area contributed by atoms with Crippen LogP contribution in [0.25, 0.3) is 11.3 Å². The number of aliphatic carboxylic acids is 1. The summed E-state index contributed by atoms with van der Waals surface area (Å²) in [6, 6.07) is 2.78. The second-order valence-electron chi connectivity index (χ2n) is 9.56. The average Bonchev–Trinajstić information content (AvgIpc) is 2.78. The smallest absolute Gasteiger partial charge is 0.423 e. The highest BCUT2D eigenvalue weighted by Crippen LogP contribution is 2.41. The Balaban J connectivity index is 2.17. The van der Waals surface area contributed by atoms with Gasteiger partial charge in [-0.2, -0.15) is 13.2 Å². The number of carbonyl (C=O) groups excluding carboxylic acids is 1. The minimum atomic E-state index is -5.28. The SMILES string of the molecule is CC(C)(C)OC(=O)N[C@@H](CCS(=N)(=O)CCC(O)(c1cnc(-c2ccc(Cl)cc2Cl)cn1)C(F)(F)F)C(=O)O. The molecule has 4 N–H and O–H groups in total. The number of nitrogens with one attached hydrogen (secondary N) is 2. The summed E-state index contributed by atoms with van der Waals surface area (Å²) in [5, 5.41) is 22.5. The van der Waals surface area contributed by atoms with E-state index in [1.165, 1.54) is 18.2 Å². The van der Waals surface area contributed by atoms with Crippen LogP contribution in [0.2, 0.25) is 10.0 Å². The van der Waals surface area contributed by atoms with Crippen molar-refractivity contribution in [3.8, 4) is 11.3 Å². The first-order valence-electron chi connectivity index (χ1n) is 11.3. The number of hydrogen-bond acceptors (Lipinski definition) is 8. The fourth-order valence-electron chi connectivity index (χ4n) is 3.22. The molecule has 10 nitrogen and oxygen atoms in total. The molecule has 0 aliphatic rings. The third kappa shape index (κ3) is 9.19. The summed E-state index contributed by atoms with van der Waals surface area (Å²) >= 11 is 11.9. The first-order valence-corrected chi connectivity index (χ1v) is 13.9. The summed E-state index contributed by atoms with van der Waals surface area (Å²) in [6.45, 7) is 4.64. The zero-order chi connectivity index (χ0) is 29.8. The number of carboxylic acids is 1. The molecule has 0 aliphatic carbocycles. The Labute approximate surface area is 232 Å². The van der Waals surface area contributed by atoms with Crippen LogP contribution in [-0.4, -0.2) is 65.8 Å². The van der Waals surface area contributed by atoms with Gasteiger partial charge in [0.25, 0.3) is 0 Å². The second kappa shape index (κ2) is 12.2. The van der Waals surface area contributed by atoms with Gasteiger partial charge in [-0.25, -0.2) is 13.8 Å². The molecule has 0 spiro atoms. The number of alkyl halides is 3. The van der Waals surface area contributed by atoms with Crippen molar-refractivity contribution in [1.29, 1.82) is 4.78 Å². The van der Waals surface area contributed by atoms with Crippen LogP contribution >= 0.6 is 23.2 Å². The fourth-order valence-corrected chi connectivity index (χ4v) is 5.17. The summed E-state index contributed by atoms with van der Waals surface area (Å²) in [5.41, 5.74) is -4.99. The fraction of sp³-hybridized carbons (Fsp3) is 0.478. The molecule has 1 aromatic heterocycles. The molecule has 1 aromatic carbocycles. The highest BCUT2D eigenvalue weighted by Gasteiger charge is 2.56. The molecule has 1 heterocycles. The van der Waals surface area contributed by atoms with E-state index in [1.807, 2.05) is 0 Å². The topological polar surface area (TPSA) is 163 Å². The standard InChI is InChI=1S/C23H27Cl2F3N4O6S/c1-21(2,3)38-20(35)32-16(19(33)34)6-8-39(29,37)9-7-22(36,23(26,27)28)18-12-30-17(11-31-18)14-5-4-13(24)10-15(14)25/h4-5,10-12,16,29,36H,6-9H2,1-3H3,(H,32,35)(H,33,34)/t16-,22?,39?/m0/s1. The molecule has 0 bridgehead atoms. The van der Waals surface area contributed by atoms with Crippen molar-refractivity contribution < 1.29 is 41.9 Å².